The van der Waals surface area contributed by atoms with Gasteiger partial charge in [-0.05, 0) is 32.0 Å². The van der Waals surface area contributed by atoms with Gasteiger partial charge in [0.1, 0.15) is 11.5 Å². The van der Waals surface area contributed by atoms with E-state index in [1.54, 1.807) is 13.8 Å². The molecule has 0 atom stereocenters. The average molecular weight is 286 g/mol. The molecule has 1 aromatic carbocycles. The fraction of sp³-hybridized carbons (Fsp3) is 0.333. The van der Waals surface area contributed by atoms with Crippen molar-refractivity contribution in [3.05, 3.63) is 29.0 Å². The second-order valence-electron chi connectivity index (χ2n) is 4.74. The number of anilines is 1. The maximum Gasteiger partial charge on any atom is 0.347 e. The molecule has 5 nitrogen and oxygen atoms in total. The largest absolute Gasteiger partial charge is 0.347 e. The van der Waals surface area contributed by atoms with E-state index in [2.05, 4.69) is 5.43 Å². The fourth-order valence-electron chi connectivity index (χ4n) is 2.06. The Morgan fingerprint density at radius 2 is 2.05 bits per heavy atom. The lowest BCUT2D eigenvalue weighted by Crippen LogP contribution is -2.49. The Morgan fingerprint density at radius 3 is 2.53 bits per heavy atom. The van der Waals surface area contributed by atoms with Crippen LogP contribution in [0.5, 0.6) is 0 Å². The molecular formula is C12H13ClFN3O2. The third kappa shape index (κ3) is 2.29. The first-order valence-electron chi connectivity index (χ1n) is 5.62. The van der Waals surface area contributed by atoms with Gasteiger partial charge in [-0.3, -0.25) is 4.79 Å². The van der Waals surface area contributed by atoms with Crippen molar-refractivity contribution in [2.75, 3.05) is 5.01 Å². The van der Waals surface area contributed by atoms with E-state index >= 15 is 0 Å². The molecule has 1 saturated heterocycles. The number of hydrazine groups is 1. The second-order valence-corrected chi connectivity index (χ2v) is 5.18. The van der Waals surface area contributed by atoms with Gasteiger partial charge in [0.05, 0.1) is 5.69 Å². The predicted molar refractivity (Wildman–Crippen MR) is 69.0 cm³/mol. The van der Waals surface area contributed by atoms with E-state index in [9.17, 15) is 14.0 Å². The Hall–Kier alpha value is -1.66. The minimum atomic E-state index is -0.922. The number of urea groups is 1. The molecular weight excluding hydrogens is 273 g/mol. The van der Waals surface area contributed by atoms with Crippen molar-refractivity contribution in [3.8, 4) is 0 Å². The van der Waals surface area contributed by atoms with E-state index in [4.69, 9.17) is 11.6 Å². The highest BCUT2D eigenvalue weighted by atomic mass is 35.5. The second kappa shape index (κ2) is 4.47. The molecule has 0 aromatic heterocycles. The summed E-state index contributed by atoms with van der Waals surface area (Å²) in [6.45, 7) is 4.59. The first-order valence-corrected chi connectivity index (χ1v) is 5.99. The van der Waals surface area contributed by atoms with Crippen molar-refractivity contribution >= 4 is 29.2 Å². The van der Waals surface area contributed by atoms with Gasteiger partial charge in [-0.2, -0.15) is 0 Å². The number of benzene rings is 1. The molecule has 0 radical (unpaired) electrons. The summed E-state index contributed by atoms with van der Waals surface area (Å²) in [7, 11) is 0. The molecule has 1 N–H and O–H groups in total. The summed E-state index contributed by atoms with van der Waals surface area (Å²) < 4.78 is 13.8. The number of imide groups is 1. The molecule has 0 aliphatic carbocycles. The van der Waals surface area contributed by atoms with Crippen LogP contribution in [-0.2, 0) is 4.79 Å². The molecule has 7 heteroatoms. The van der Waals surface area contributed by atoms with E-state index in [0.717, 1.165) is 16.0 Å². The van der Waals surface area contributed by atoms with E-state index in [1.165, 1.54) is 19.1 Å². The maximum atomic E-state index is 13.8. The van der Waals surface area contributed by atoms with Crippen molar-refractivity contribution in [3.63, 3.8) is 0 Å². The minimum Gasteiger partial charge on any atom is -0.275 e. The van der Waals surface area contributed by atoms with Crippen LogP contribution in [0.15, 0.2) is 18.2 Å². The van der Waals surface area contributed by atoms with Gasteiger partial charge in [-0.1, -0.05) is 11.6 Å². The summed E-state index contributed by atoms with van der Waals surface area (Å²) in [6, 6.07) is 3.33. The van der Waals surface area contributed by atoms with Crippen molar-refractivity contribution in [1.29, 1.82) is 0 Å². The topological polar surface area (TPSA) is 52.7 Å². The first kappa shape index (κ1) is 13.8. The van der Waals surface area contributed by atoms with Crippen molar-refractivity contribution in [2.45, 2.75) is 26.4 Å². The number of hydrogen-bond acceptors (Lipinski definition) is 3. The Labute approximate surface area is 114 Å². The van der Waals surface area contributed by atoms with Crippen LogP contribution in [0.3, 0.4) is 0 Å². The third-order valence-electron chi connectivity index (χ3n) is 2.79. The molecule has 1 aliphatic rings. The molecule has 0 spiro atoms. The number of carbonyl (C=O) groups is 2. The lowest BCUT2D eigenvalue weighted by atomic mass is 10.2. The normalized spacial score (nSPS) is 18.1. The van der Waals surface area contributed by atoms with Crippen LogP contribution >= 0.6 is 11.6 Å². The van der Waals surface area contributed by atoms with Gasteiger partial charge in [0, 0.05) is 11.9 Å². The number of halogens is 2. The molecule has 1 heterocycles. The Balaban J connectivity index is 2.43. The van der Waals surface area contributed by atoms with Crippen molar-refractivity contribution in [2.24, 2.45) is 0 Å². The first-order chi connectivity index (χ1) is 8.74. The predicted octanol–water partition coefficient (Wildman–Crippen LogP) is 2.51. The fourth-order valence-corrected chi connectivity index (χ4v) is 2.22. The highest BCUT2D eigenvalue weighted by Crippen LogP contribution is 2.29. The van der Waals surface area contributed by atoms with Crippen molar-refractivity contribution in [1.82, 2.24) is 10.3 Å². The lowest BCUT2D eigenvalue weighted by molar-refractivity contribution is -0.129. The van der Waals surface area contributed by atoms with Crippen LogP contribution in [0.2, 0.25) is 5.02 Å². The zero-order valence-corrected chi connectivity index (χ0v) is 11.5. The van der Waals surface area contributed by atoms with Crippen LogP contribution < -0.4 is 10.4 Å². The average Bonchev–Trinajstić information content (AvgIpc) is 2.48. The molecule has 1 fully saturated rings. The van der Waals surface area contributed by atoms with Crippen LogP contribution in [-0.4, -0.2) is 22.5 Å². The standard InChI is InChI=1S/C12H13ClFN3O2/c1-7(18)16-11(19)17(15-12(16,2)3)10-5-4-8(13)6-9(10)14/h4-6,15H,1-3H3. The molecule has 19 heavy (non-hydrogen) atoms. The van der Waals surface area contributed by atoms with E-state index in [1.807, 2.05) is 0 Å². The van der Waals surface area contributed by atoms with Crippen LogP contribution in [0.1, 0.15) is 20.8 Å². The van der Waals surface area contributed by atoms with Gasteiger partial charge in [-0.15, -0.1) is 0 Å². The molecule has 1 aromatic rings. The van der Waals surface area contributed by atoms with Gasteiger partial charge >= 0.3 is 6.03 Å². The summed E-state index contributed by atoms with van der Waals surface area (Å²) in [5, 5.41) is 1.24. The number of nitrogens with one attached hydrogen (secondary N) is 1. The monoisotopic (exact) mass is 285 g/mol. The third-order valence-corrected chi connectivity index (χ3v) is 3.03. The van der Waals surface area contributed by atoms with Crippen LogP contribution in [0, 0.1) is 5.82 Å². The molecule has 102 valence electrons. The zero-order chi connectivity index (χ0) is 14.4. The number of carbonyl (C=O) groups excluding carboxylic acids is 2. The number of rotatable bonds is 1. The van der Waals surface area contributed by atoms with Gasteiger partial charge in [-0.25, -0.2) is 24.5 Å². The highest BCUT2D eigenvalue weighted by molar-refractivity contribution is 6.30. The van der Waals surface area contributed by atoms with E-state index < -0.39 is 23.4 Å². The Morgan fingerprint density at radius 1 is 1.42 bits per heavy atom. The number of nitrogens with zero attached hydrogens (tertiary/aromatic N) is 2. The molecule has 3 amide bonds. The Kier molecular flexibility index (Phi) is 3.24. The number of hydrogen-bond donors (Lipinski definition) is 1. The summed E-state index contributed by atoms with van der Waals surface area (Å²) >= 11 is 5.67. The van der Waals surface area contributed by atoms with Crippen LogP contribution in [0.25, 0.3) is 0 Å². The van der Waals surface area contributed by atoms with Gasteiger partial charge in [0.2, 0.25) is 5.91 Å². The quantitative estimate of drug-likeness (QED) is 0.862. The minimum absolute atomic E-state index is 0.0197. The highest BCUT2D eigenvalue weighted by Gasteiger charge is 2.46. The smallest absolute Gasteiger partial charge is 0.275 e. The van der Waals surface area contributed by atoms with Gasteiger partial charge in [0.25, 0.3) is 0 Å². The summed E-state index contributed by atoms with van der Waals surface area (Å²) in [6.07, 6.45) is 0. The van der Waals surface area contributed by atoms with Gasteiger partial charge in [0.15, 0.2) is 0 Å². The summed E-state index contributed by atoms with van der Waals surface area (Å²) in [5.74, 6) is -1.06. The SMILES string of the molecule is CC(=O)N1C(=O)N(c2ccc(Cl)cc2F)NC1(C)C. The summed E-state index contributed by atoms with van der Waals surface area (Å²) in [5.41, 5.74) is 1.89. The molecule has 0 saturated carbocycles. The number of amides is 3. The summed E-state index contributed by atoms with van der Waals surface area (Å²) in [4.78, 5) is 24.7. The Bertz CT molecular complexity index is 562. The molecule has 0 bridgehead atoms. The van der Waals surface area contributed by atoms with E-state index in [-0.39, 0.29) is 10.7 Å². The molecule has 0 unspecified atom stereocenters. The molecule has 2 rings (SSSR count). The van der Waals surface area contributed by atoms with E-state index in [0.29, 0.717) is 0 Å². The zero-order valence-electron chi connectivity index (χ0n) is 10.7. The van der Waals surface area contributed by atoms with Gasteiger partial charge < -0.3 is 0 Å². The molecule has 1 aliphatic heterocycles. The maximum absolute atomic E-state index is 13.8. The van der Waals surface area contributed by atoms with Crippen molar-refractivity contribution < 1.29 is 14.0 Å². The van der Waals surface area contributed by atoms with Crippen LogP contribution in [0.4, 0.5) is 14.9 Å². The lowest BCUT2D eigenvalue weighted by Gasteiger charge is -2.25.